The van der Waals surface area contributed by atoms with Gasteiger partial charge in [-0.2, -0.15) is 0 Å². The number of ketones is 1. The van der Waals surface area contributed by atoms with Crippen LogP contribution in [0, 0.1) is 5.82 Å². The number of likely N-dealkylation sites (tertiary alicyclic amines) is 1. The maximum atomic E-state index is 14.0. The molecule has 0 aromatic heterocycles. The number of quaternary nitrogens is 1. The fraction of sp³-hybridized carbons (Fsp3) is 0.250. The van der Waals surface area contributed by atoms with Crippen molar-refractivity contribution in [2.24, 2.45) is 0 Å². The Labute approximate surface area is 155 Å². The van der Waals surface area contributed by atoms with E-state index in [0.29, 0.717) is 23.4 Å². The number of benzene rings is 2. The highest BCUT2D eigenvalue weighted by atomic mass is 35.5. The molecule has 2 aromatic rings. The lowest BCUT2D eigenvalue weighted by Gasteiger charge is -2.15. The molecule has 0 unspecified atom stereocenters. The number of Topliss-reactive ketones (excluding diaryl/α,β-unsaturated/α-hetero) is 1. The number of hydrogen-bond acceptors (Lipinski definition) is 3. The van der Waals surface area contributed by atoms with Crippen molar-refractivity contribution in [3.05, 3.63) is 63.6 Å². The van der Waals surface area contributed by atoms with Gasteiger partial charge in [0.15, 0.2) is 11.5 Å². The van der Waals surface area contributed by atoms with E-state index in [1.807, 2.05) is 0 Å². The number of rotatable bonds is 3. The number of allylic oxidation sites excluding steroid dienone is 1. The SMILES string of the molecule is O=C1/C(=C/c2c(F)cccc2Cl)Oc2c1ccc(O)c2C[NH+]1CCCC1. The van der Waals surface area contributed by atoms with E-state index in [4.69, 9.17) is 16.3 Å². The van der Waals surface area contributed by atoms with E-state index in [1.54, 1.807) is 12.1 Å². The first-order chi connectivity index (χ1) is 12.5. The summed E-state index contributed by atoms with van der Waals surface area (Å²) in [6, 6.07) is 7.39. The number of phenolic OH excluding ortho intramolecular Hbond substituents is 1. The van der Waals surface area contributed by atoms with Gasteiger partial charge in [-0.3, -0.25) is 4.79 Å². The van der Waals surface area contributed by atoms with E-state index in [2.05, 4.69) is 0 Å². The molecule has 6 heteroatoms. The lowest BCUT2D eigenvalue weighted by Crippen LogP contribution is -3.08. The Balaban J connectivity index is 1.72. The smallest absolute Gasteiger partial charge is 0.231 e. The standard InChI is InChI=1S/C20H17ClFNO3/c21-15-4-3-5-16(22)13(15)10-18-19(25)12-6-7-17(24)14(20(12)26-18)11-23-8-1-2-9-23/h3-7,10,24H,1-2,8-9,11H2/p+1/b18-10-. The molecular weight excluding hydrogens is 357 g/mol. The van der Waals surface area contributed by atoms with Crippen LogP contribution in [0.1, 0.15) is 34.3 Å². The molecule has 0 bridgehead atoms. The number of hydrogen-bond donors (Lipinski definition) is 2. The number of carbonyl (C=O) groups excluding carboxylic acids is 1. The molecule has 2 aliphatic heterocycles. The molecule has 1 saturated heterocycles. The molecule has 0 saturated carbocycles. The van der Waals surface area contributed by atoms with Crippen molar-refractivity contribution in [1.29, 1.82) is 0 Å². The van der Waals surface area contributed by atoms with Crippen molar-refractivity contribution in [2.45, 2.75) is 19.4 Å². The summed E-state index contributed by atoms with van der Waals surface area (Å²) in [6.45, 7) is 2.66. The quantitative estimate of drug-likeness (QED) is 0.812. The number of carbonyl (C=O) groups is 1. The molecule has 2 aromatic carbocycles. The zero-order valence-corrected chi connectivity index (χ0v) is 14.8. The predicted molar refractivity (Wildman–Crippen MR) is 96.1 cm³/mol. The minimum absolute atomic E-state index is 0.00951. The lowest BCUT2D eigenvalue weighted by atomic mass is 10.0. The van der Waals surface area contributed by atoms with Gasteiger partial charge < -0.3 is 14.7 Å². The van der Waals surface area contributed by atoms with Gasteiger partial charge >= 0.3 is 0 Å². The molecule has 26 heavy (non-hydrogen) atoms. The van der Waals surface area contributed by atoms with Crippen molar-refractivity contribution < 1.29 is 23.9 Å². The van der Waals surface area contributed by atoms with Crippen molar-refractivity contribution in [2.75, 3.05) is 13.1 Å². The molecule has 2 N–H and O–H groups in total. The summed E-state index contributed by atoms with van der Waals surface area (Å²) in [6.07, 6.45) is 3.63. The summed E-state index contributed by atoms with van der Waals surface area (Å²) in [5, 5.41) is 10.5. The fourth-order valence-corrected chi connectivity index (χ4v) is 3.77. The Morgan fingerprint density at radius 1 is 1.23 bits per heavy atom. The molecule has 4 rings (SSSR count). The number of halogens is 2. The van der Waals surface area contributed by atoms with Crippen LogP contribution < -0.4 is 9.64 Å². The van der Waals surface area contributed by atoms with Gasteiger partial charge in [0, 0.05) is 18.4 Å². The molecule has 4 nitrogen and oxygen atoms in total. The summed E-state index contributed by atoms with van der Waals surface area (Å²) in [5.74, 6) is -0.372. The van der Waals surface area contributed by atoms with Crippen molar-refractivity contribution in [1.82, 2.24) is 0 Å². The van der Waals surface area contributed by atoms with Crippen molar-refractivity contribution >= 4 is 23.5 Å². The monoisotopic (exact) mass is 374 g/mol. The Morgan fingerprint density at radius 3 is 2.73 bits per heavy atom. The molecule has 0 atom stereocenters. The Morgan fingerprint density at radius 2 is 2.00 bits per heavy atom. The summed E-state index contributed by atoms with van der Waals surface area (Å²) in [5.41, 5.74) is 1.12. The average Bonchev–Trinajstić information content (AvgIpc) is 3.23. The van der Waals surface area contributed by atoms with Gasteiger partial charge in [0.2, 0.25) is 5.78 Å². The van der Waals surface area contributed by atoms with Crippen molar-refractivity contribution in [3.63, 3.8) is 0 Å². The first kappa shape index (κ1) is 17.1. The zero-order valence-electron chi connectivity index (χ0n) is 14.0. The molecule has 0 aliphatic carbocycles. The third-order valence-corrected chi connectivity index (χ3v) is 5.26. The third-order valence-electron chi connectivity index (χ3n) is 4.93. The first-order valence-corrected chi connectivity index (χ1v) is 8.99. The van der Waals surface area contributed by atoms with E-state index in [1.165, 1.54) is 29.2 Å². The Kier molecular flexibility index (Phi) is 4.42. The molecule has 134 valence electrons. The number of fused-ring (bicyclic) bond motifs is 1. The number of aromatic hydroxyl groups is 1. The van der Waals surface area contributed by atoms with Crippen LogP contribution >= 0.6 is 11.6 Å². The van der Waals surface area contributed by atoms with Crippen LogP contribution in [0.3, 0.4) is 0 Å². The maximum absolute atomic E-state index is 14.0. The topological polar surface area (TPSA) is 51.0 Å². The van der Waals surface area contributed by atoms with Gasteiger partial charge in [0.1, 0.15) is 18.1 Å². The predicted octanol–water partition coefficient (Wildman–Crippen LogP) is 2.98. The summed E-state index contributed by atoms with van der Waals surface area (Å²) < 4.78 is 19.8. The third kappa shape index (κ3) is 2.97. The van der Waals surface area contributed by atoms with Gasteiger partial charge in [-0.25, -0.2) is 4.39 Å². The minimum Gasteiger partial charge on any atom is -0.507 e. The molecule has 2 aliphatic rings. The molecular formula is C20H18ClFNO3+. The molecule has 0 spiro atoms. The molecule has 0 amide bonds. The highest BCUT2D eigenvalue weighted by molar-refractivity contribution is 6.32. The highest BCUT2D eigenvalue weighted by Crippen LogP contribution is 2.39. The second-order valence-electron chi connectivity index (χ2n) is 6.65. The van der Waals surface area contributed by atoms with Gasteiger partial charge in [-0.05, 0) is 30.3 Å². The Hall–Kier alpha value is -2.37. The van der Waals surface area contributed by atoms with E-state index in [0.717, 1.165) is 25.9 Å². The van der Waals surface area contributed by atoms with Crippen LogP contribution in [-0.4, -0.2) is 24.0 Å². The van der Waals surface area contributed by atoms with Crippen LogP contribution in [0.25, 0.3) is 6.08 Å². The highest BCUT2D eigenvalue weighted by Gasteiger charge is 2.33. The second kappa shape index (κ2) is 6.74. The molecule has 2 heterocycles. The van der Waals surface area contributed by atoms with Gasteiger partial charge in [0.05, 0.1) is 29.2 Å². The van der Waals surface area contributed by atoms with Gasteiger partial charge in [-0.1, -0.05) is 17.7 Å². The van der Waals surface area contributed by atoms with Crippen LogP contribution in [0.15, 0.2) is 36.1 Å². The minimum atomic E-state index is -0.526. The summed E-state index contributed by atoms with van der Waals surface area (Å²) in [4.78, 5) is 14.0. The summed E-state index contributed by atoms with van der Waals surface area (Å²) in [7, 11) is 0. The maximum Gasteiger partial charge on any atom is 0.231 e. The van der Waals surface area contributed by atoms with E-state index in [9.17, 15) is 14.3 Å². The number of nitrogens with one attached hydrogen (secondary N) is 1. The van der Waals surface area contributed by atoms with E-state index >= 15 is 0 Å². The zero-order chi connectivity index (χ0) is 18.3. The Bertz CT molecular complexity index is 899. The van der Waals surface area contributed by atoms with Gasteiger partial charge in [-0.15, -0.1) is 0 Å². The van der Waals surface area contributed by atoms with E-state index < -0.39 is 5.82 Å². The first-order valence-electron chi connectivity index (χ1n) is 8.61. The lowest BCUT2D eigenvalue weighted by molar-refractivity contribution is -0.901. The largest absolute Gasteiger partial charge is 0.507 e. The normalized spacial score (nSPS) is 18.4. The van der Waals surface area contributed by atoms with Crippen LogP contribution in [0.2, 0.25) is 5.02 Å². The number of ether oxygens (including phenoxy) is 1. The van der Waals surface area contributed by atoms with Crippen LogP contribution in [0.4, 0.5) is 4.39 Å². The van der Waals surface area contributed by atoms with Crippen LogP contribution in [0.5, 0.6) is 11.5 Å². The van der Waals surface area contributed by atoms with Gasteiger partial charge in [0.25, 0.3) is 0 Å². The van der Waals surface area contributed by atoms with E-state index in [-0.39, 0.29) is 27.9 Å². The average molecular weight is 375 g/mol. The van der Waals surface area contributed by atoms with Crippen molar-refractivity contribution in [3.8, 4) is 11.5 Å². The summed E-state index contributed by atoms with van der Waals surface area (Å²) >= 11 is 6.04. The molecule has 0 radical (unpaired) electrons. The molecule has 1 fully saturated rings. The fourth-order valence-electron chi connectivity index (χ4n) is 3.55. The second-order valence-corrected chi connectivity index (χ2v) is 7.06. The number of phenols is 1. The van der Waals surface area contributed by atoms with Crippen LogP contribution in [-0.2, 0) is 6.54 Å².